The Morgan fingerprint density at radius 2 is 2.05 bits per heavy atom. The van der Waals surface area contributed by atoms with Crippen molar-refractivity contribution >= 4 is 12.0 Å². The van der Waals surface area contributed by atoms with Gasteiger partial charge < -0.3 is 5.11 Å². The van der Waals surface area contributed by atoms with Crippen molar-refractivity contribution in [2.45, 2.75) is 40.0 Å². The van der Waals surface area contributed by atoms with E-state index < -0.39 is 5.97 Å². The molecule has 0 atom stereocenters. The van der Waals surface area contributed by atoms with Gasteiger partial charge in [0.05, 0.1) is 5.56 Å². The maximum atomic E-state index is 11.0. The molecule has 0 spiro atoms. The normalized spacial score (nSPS) is 18.6. The van der Waals surface area contributed by atoms with E-state index in [2.05, 4.69) is 26.8 Å². The summed E-state index contributed by atoms with van der Waals surface area (Å²) >= 11 is 0. The van der Waals surface area contributed by atoms with Crippen molar-refractivity contribution in [2.75, 3.05) is 0 Å². The molecule has 2 heteroatoms. The quantitative estimate of drug-likeness (QED) is 0.846. The first-order valence-corrected chi connectivity index (χ1v) is 7.12. The van der Waals surface area contributed by atoms with Gasteiger partial charge in [0, 0.05) is 0 Å². The Morgan fingerprint density at radius 1 is 1.30 bits per heavy atom. The Kier molecular flexibility index (Phi) is 4.12. The molecule has 1 aliphatic carbocycles. The van der Waals surface area contributed by atoms with E-state index in [1.165, 1.54) is 24.0 Å². The third kappa shape index (κ3) is 3.19. The van der Waals surface area contributed by atoms with E-state index in [1.807, 2.05) is 12.1 Å². The molecular formula is C18H22O2. The second-order valence-electron chi connectivity index (χ2n) is 6.20. The monoisotopic (exact) mass is 270 g/mol. The van der Waals surface area contributed by atoms with Crippen molar-refractivity contribution in [3.8, 4) is 0 Å². The summed E-state index contributed by atoms with van der Waals surface area (Å²) in [4.78, 5) is 11.0. The highest BCUT2D eigenvalue weighted by Gasteiger charge is 2.26. The minimum absolute atomic E-state index is 0.212. The zero-order valence-corrected chi connectivity index (χ0v) is 12.4. The van der Waals surface area contributed by atoms with E-state index in [9.17, 15) is 4.79 Å². The number of rotatable bonds is 3. The highest BCUT2D eigenvalue weighted by molar-refractivity contribution is 5.88. The number of aromatic carboxylic acids is 1. The van der Waals surface area contributed by atoms with Gasteiger partial charge in [-0.1, -0.05) is 43.7 Å². The summed E-state index contributed by atoms with van der Waals surface area (Å²) in [6.45, 7) is 6.76. The molecule has 0 heterocycles. The molecule has 106 valence electrons. The van der Waals surface area contributed by atoms with Gasteiger partial charge in [0.25, 0.3) is 0 Å². The largest absolute Gasteiger partial charge is 0.478 e. The van der Waals surface area contributed by atoms with E-state index in [1.54, 1.807) is 18.2 Å². The van der Waals surface area contributed by atoms with Crippen molar-refractivity contribution < 1.29 is 9.90 Å². The van der Waals surface area contributed by atoms with Gasteiger partial charge in [-0.2, -0.15) is 0 Å². The number of carboxylic acids is 1. The summed E-state index contributed by atoms with van der Waals surface area (Å²) < 4.78 is 0. The van der Waals surface area contributed by atoms with Gasteiger partial charge in [-0.25, -0.2) is 4.79 Å². The lowest BCUT2D eigenvalue weighted by Crippen LogP contribution is -2.18. The zero-order chi connectivity index (χ0) is 14.8. The lowest BCUT2D eigenvalue weighted by molar-refractivity contribution is 0.0697. The van der Waals surface area contributed by atoms with Gasteiger partial charge in [0.2, 0.25) is 0 Å². The van der Waals surface area contributed by atoms with Crippen molar-refractivity contribution in [3.63, 3.8) is 0 Å². The van der Waals surface area contributed by atoms with Crippen LogP contribution in [0.1, 0.15) is 56.0 Å². The molecule has 0 unspecified atom stereocenters. The van der Waals surface area contributed by atoms with Crippen molar-refractivity contribution in [3.05, 3.63) is 52.6 Å². The predicted octanol–water partition coefficient (Wildman–Crippen LogP) is 4.92. The van der Waals surface area contributed by atoms with Crippen LogP contribution in [0.15, 0.2) is 41.5 Å². The molecule has 0 saturated carbocycles. The number of hydrogen-bond donors (Lipinski definition) is 1. The minimum Gasteiger partial charge on any atom is -0.478 e. The van der Waals surface area contributed by atoms with E-state index in [4.69, 9.17) is 5.11 Å². The molecule has 1 aromatic rings. The van der Waals surface area contributed by atoms with Crippen LogP contribution in [0.3, 0.4) is 0 Å². The van der Waals surface area contributed by atoms with Gasteiger partial charge in [-0.3, -0.25) is 0 Å². The van der Waals surface area contributed by atoms with E-state index in [0.717, 1.165) is 12.0 Å². The molecule has 0 bridgehead atoms. The smallest absolute Gasteiger partial charge is 0.335 e. The zero-order valence-electron chi connectivity index (χ0n) is 12.4. The summed E-state index contributed by atoms with van der Waals surface area (Å²) in [5, 5.41) is 9.02. The molecular weight excluding hydrogens is 248 g/mol. The van der Waals surface area contributed by atoms with E-state index in [0.29, 0.717) is 5.56 Å². The number of carbonyl (C=O) groups is 1. The third-order valence-electron chi connectivity index (χ3n) is 4.12. The maximum Gasteiger partial charge on any atom is 0.335 e. The molecule has 0 amide bonds. The van der Waals surface area contributed by atoms with Crippen molar-refractivity contribution in [1.29, 1.82) is 0 Å². The van der Waals surface area contributed by atoms with Crippen LogP contribution in [-0.4, -0.2) is 11.1 Å². The standard InChI is InChI=1S/C18H22O2/c1-13-6-5-11-18(2,3)16(13)10-9-14-7-4-8-15(12-14)17(19)20/h4,7-10,12H,5-6,11H2,1-3H3,(H,19,20)/b10-9+. The van der Waals surface area contributed by atoms with Crippen LogP contribution in [0, 0.1) is 5.41 Å². The van der Waals surface area contributed by atoms with E-state index in [-0.39, 0.29) is 5.41 Å². The average Bonchev–Trinajstić information content (AvgIpc) is 2.37. The number of allylic oxidation sites excluding steroid dienone is 3. The fourth-order valence-corrected chi connectivity index (χ4v) is 2.97. The molecule has 0 fully saturated rings. The topological polar surface area (TPSA) is 37.3 Å². The number of hydrogen-bond acceptors (Lipinski definition) is 1. The Hall–Kier alpha value is -1.83. The summed E-state index contributed by atoms with van der Waals surface area (Å²) in [7, 11) is 0. The average molecular weight is 270 g/mol. The fourth-order valence-electron chi connectivity index (χ4n) is 2.97. The Morgan fingerprint density at radius 3 is 2.70 bits per heavy atom. The molecule has 0 aromatic heterocycles. The van der Waals surface area contributed by atoms with Crippen LogP contribution in [-0.2, 0) is 0 Å². The second-order valence-corrected chi connectivity index (χ2v) is 6.20. The molecule has 0 radical (unpaired) electrons. The van der Waals surface area contributed by atoms with Crippen LogP contribution in [0.25, 0.3) is 6.08 Å². The SMILES string of the molecule is CC1=C(/C=C/c2cccc(C(=O)O)c2)C(C)(C)CCC1. The predicted molar refractivity (Wildman–Crippen MR) is 82.8 cm³/mol. The Balaban J connectivity index is 2.29. The van der Waals surface area contributed by atoms with Gasteiger partial charge >= 0.3 is 5.97 Å². The second kappa shape index (κ2) is 5.66. The van der Waals surface area contributed by atoms with Gasteiger partial charge in [-0.15, -0.1) is 0 Å². The van der Waals surface area contributed by atoms with Crippen LogP contribution < -0.4 is 0 Å². The Labute approximate surface area is 120 Å². The van der Waals surface area contributed by atoms with Gasteiger partial charge in [-0.05, 0) is 54.9 Å². The molecule has 1 N–H and O–H groups in total. The summed E-state index contributed by atoms with van der Waals surface area (Å²) in [5.74, 6) is -0.881. The van der Waals surface area contributed by atoms with Gasteiger partial charge in [0.15, 0.2) is 0 Å². The maximum absolute atomic E-state index is 11.0. The molecule has 0 saturated heterocycles. The molecule has 1 aliphatic rings. The highest BCUT2D eigenvalue weighted by atomic mass is 16.4. The van der Waals surface area contributed by atoms with Gasteiger partial charge in [0.1, 0.15) is 0 Å². The summed E-state index contributed by atoms with van der Waals surface area (Å²) in [6, 6.07) is 7.06. The first kappa shape index (κ1) is 14.6. The fraction of sp³-hybridized carbons (Fsp3) is 0.389. The molecule has 0 aliphatic heterocycles. The van der Waals surface area contributed by atoms with Crippen molar-refractivity contribution in [1.82, 2.24) is 0 Å². The summed E-state index contributed by atoms with van der Waals surface area (Å²) in [6.07, 6.45) is 7.82. The highest BCUT2D eigenvalue weighted by Crippen LogP contribution is 2.40. The molecule has 1 aromatic carbocycles. The molecule has 2 nitrogen and oxygen atoms in total. The lowest BCUT2D eigenvalue weighted by atomic mass is 9.72. The van der Waals surface area contributed by atoms with Crippen LogP contribution >= 0.6 is 0 Å². The number of carboxylic acid groups (broad SMARTS) is 1. The van der Waals surface area contributed by atoms with Crippen LogP contribution in [0.4, 0.5) is 0 Å². The Bertz CT molecular complexity index is 577. The first-order valence-electron chi connectivity index (χ1n) is 7.12. The van der Waals surface area contributed by atoms with Crippen molar-refractivity contribution in [2.24, 2.45) is 5.41 Å². The number of benzene rings is 1. The lowest BCUT2D eigenvalue weighted by Gasteiger charge is -2.32. The van der Waals surface area contributed by atoms with E-state index >= 15 is 0 Å². The molecule has 2 rings (SSSR count). The minimum atomic E-state index is -0.881. The third-order valence-corrected chi connectivity index (χ3v) is 4.12. The van der Waals surface area contributed by atoms with Crippen LogP contribution in [0.2, 0.25) is 0 Å². The van der Waals surface area contributed by atoms with Crippen LogP contribution in [0.5, 0.6) is 0 Å². The summed E-state index contributed by atoms with van der Waals surface area (Å²) in [5.41, 5.74) is 4.33. The molecule has 20 heavy (non-hydrogen) atoms. The first-order chi connectivity index (χ1) is 9.40.